The van der Waals surface area contributed by atoms with Crippen LogP contribution in [0.1, 0.15) is 5.56 Å². The Morgan fingerprint density at radius 1 is 0.938 bits per heavy atom. The third-order valence-corrected chi connectivity index (χ3v) is 2.50. The van der Waals surface area contributed by atoms with Crippen molar-refractivity contribution in [1.82, 2.24) is 0 Å². The lowest BCUT2D eigenvalue weighted by Crippen LogP contribution is -2.09. The highest BCUT2D eigenvalue weighted by molar-refractivity contribution is 7.81. The van der Waals surface area contributed by atoms with Gasteiger partial charge in [-0.3, -0.25) is 0 Å². The van der Waals surface area contributed by atoms with Gasteiger partial charge in [0.2, 0.25) is 0 Å². The van der Waals surface area contributed by atoms with Crippen LogP contribution in [0, 0.1) is 0 Å². The van der Waals surface area contributed by atoms with Gasteiger partial charge in [0.25, 0.3) is 0 Å². The normalized spacial score (nSPS) is 9.75. The molecule has 0 spiro atoms. The molecule has 80 valence electrons. The molecule has 2 aromatic carbocycles. The van der Waals surface area contributed by atoms with Crippen molar-refractivity contribution in [2.45, 2.75) is 0 Å². The number of hydrogen-bond donors (Lipinski definition) is 2. The van der Waals surface area contributed by atoms with Crippen LogP contribution in [0.5, 0.6) is 5.75 Å². The molecule has 0 atom stereocenters. The summed E-state index contributed by atoms with van der Waals surface area (Å²) in [6, 6.07) is 16.6. The Hall–Kier alpha value is -1.87. The van der Waals surface area contributed by atoms with E-state index in [1.165, 1.54) is 0 Å². The van der Waals surface area contributed by atoms with Gasteiger partial charge in [0.1, 0.15) is 10.7 Å². The zero-order valence-electron chi connectivity index (χ0n) is 8.55. The summed E-state index contributed by atoms with van der Waals surface area (Å²) in [5.41, 5.74) is 1.84. The van der Waals surface area contributed by atoms with Crippen molar-refractivity contribution in [2.24, 2.45) is 0 Å². The first-order chi connectivity index (χ1) is 7.75. The first-order valence-corrected chi connectivity index (χ1v) is 5.32. The van der Waals surface area contributed by atoms with E-state index in [0.717, 1.165) is 11.3 Å². The molecule has 2 N–H and O–H groups in total. The van der Waals surface area contributed by atoms with Crippen molar-refractivity contribution in [1.29, 1.82) is 0 Å². The lowest BCUT2D eigenvalue weighted by molar-refractivity contribution is 0.475. The molecule has 3 heteroatoms. The fraction of sp³-hybridized carbons (Fsp3) is 0. The molecular formula is C13H11NOS. The molecule has 0 aromatic heterocycles. The average Bonchev–Trinajstić information content (AvgIpc) is 2.33. The van der Waals surface area contributed by atoms with Gasteiger partial charge in [-0.2, -0.15) is 0 Å². The van der Waals surface area contributed by atoms with Crippen molar-refractivity contribution >= 4 is 22.9 Å². The standard InChI is InChI=1S/C13H11NOS/c15-12-8-6-11(7-9-12)14-13(16)10-4-2-1-3-5-10/h1-9,15H,(H,14,16). The number of phenols is 1. The number of rotatable bonds is 2. The third kappa shape index (κ3) is 2.58. The number of aromatic hydroxyl groups is 1. The van der Waals surface area contributed by atoms with Gasteiger partial charge in [-0.05, 0) is 24.3 Å². The zero-order chi connectivity index (χ0) is 11.4. The molecule has 0 heterocycles. The molecule has 0 bridgehead atoms. The number of benzene rings is 2. The smallest absolute Gasteiger partial charge is 0.115 e. The molecule has 2 aromatic rings. The molecule has 0 radical (unpaired) electrons. The van der Waals surface area contributed by atoms with Crippen molar-refractivity contribution in [3.05, 3.63) is 60.2 Å². The van der Waals surface area contributed by atoms with Gasteiger partial charge in [0.15, 0.2) is 0 Å². The van der Waals surface area contributed by atoms with Crippen molar-refractivity contribution in [2.75, 3.05) is 5.32 Å². The van der Waals surface area contributed by atoms with Crippen LogP contribution in [-0.2, 0) is 0 Å². The molecule has 0 aliphatic carbocycles. The summed E-state index contributed by atoms with van der Waals surface area (Å²) < 4.78 is 0. The van der Waals surface area contributed by atoms with Gasteiger partial charge >= 0.3 is 0 Å². The Morgan fingerprint density at radius 2 is 1.56 bits per heavy atom. The fourth-order valence-electron chi connectivity index (χ4n) is 1.34. The first-order valence-electron chi connectivity index (χ1n) is 4.91. The second-order valence-electron chi connectivity index (χ2n) is 3.37. The maximum Gasteiger partial charge on any atom is 0.115 e. The maximum absolute atomic E-state index is 9.15. The van der Waals surface area contributed by atoms with E-state index in [9.17, 15) is 0 Å². The largest absolute Gasteiger partial charge is 0.508 e. The molecule has 0 aliphatic heterocycles. The van der Waals surface area contributed by atoms with E-state index >= 15 is 0 Å². The summed E-state index contributed by atoms with van der Waals surface area (Å²) in [6.45, 7) is 0. The summed E-state index contributed by atoms with van der Waals surface area (Å²) in [4.78, 5) is 0.672. The number of thiocarbonyl (C=S) groups is 1. The summed E-state index contributed by atoms with van der Waals surface area (Å²) >= 11 is 5.26. The minimum atomic E-state index is 0.246. The van der Waals surface area contributed by atoms with E-state index in [1.807, 2.05) is 30.3 Å². The Bertz CT molecular complexity index is 479. The monoisotopic (exact) mass is 229 g/mol. The van der Waals surface area contributed by atoms with E-state index in [-0.39, 0.29) is 5.75 Å². The lowest BCUT2D eigenvalue weighted by Gasteiger charge is -2.07. The summed E-state index contributed by atoms with van der Waals surface area (Å²) in [5.74, 6) is 0.246. The van der Waals surface area contributed by atoms with E-state index in [4.69, 9.17) is 17.3 Å². The molecule has 0 aliphatic rings. The van der Waals surface area contributed by atoms with E-state index in [2.05, 4.69) is 5.32 Å². The van der Waals surface area contributed by atoms with Crippen LogP contribution in [-0.4, -0.2) is 10.1 Å². The van der Waals surface area contributed by atoms with Crippen LogP contribution in [0.4, 0.5) is 5.69 Å². The Labute approximate surface area is 99.6 Å². The van der Waals surface area contributed by atoms with Crippen LogP contribution < -0.4 is 5.32 Å². The van der Waals surface area contributed by atoms with Crippen molar-refractivity contribution < 1.29 is 5.11 Å². The molecule has 0 unspecified atom stereocenters. The third-order valence-electron chi connectivity index (χ3n) is 2.16. The quantitative estimate of drug-likeness (QED) is 0.612. The highest BCUT2D eigenvalue weighted by atomic mass is 32.1. The molecule has 0 saturated carbocycles. The molecule has 0 amide bonds. The van der Waals surface area contributed by atoms with E-state index < -0.39 is 0 Å². The number of anilines is 1. The van der Waals surface area contributed by atoms with Gasteiger partial charge < -0.3 is 10.4 Å². The summed E-state index contributed by atoms with van der Waals surface area (Å²) in [6.07, 6.45) is 0. The lowest BCUT2D eigenvalue weighted by atomic mass is 10.2. The average molecular weight is 229 g/mol. The van der Waals surface area contributed by atoms with E-state index in [1.54, 1.807) is 24.3 Å². The van der Waals surface area contributed by atoms with Gasteiger partial charge in [0.05, 0.1) is 0 Å². The van der Waals surface area contributed by atoms with Crippen molar-refractivity contribution in [3.8, 4) is 5.75 Å². The van der Waals surface area contributed by atoms with Gasteiger partial charge in [-0.25, -0.2) is 0 Å². The predicted octanol–water partition coefficient (Wildman–Crippen LogP) is 3.18. The first kappa shape index (κ1) is 10.6. The van der Waals surface area contributed by atoms with Crippen LogP contribution in [0.25, 0.3) is 0 Å². The van der Waals surface area contributed by atoms with Crippen molar-refractivity contribution in [3.63, 3.8) is 0 Å². The molecule has 2 nitrogen and oxygen atoms in total. The molecule has 0 saturated heterocycles. The second kappa shape index (κ2) is 4.77. The van der Waals surface area contributed by atoms with Gasteiger partial charge in [0, 0.05) is 11.3 Å². The number of hydrogen-bond acceptors (Lipinski definition) is 2. The zero-order valence-corrected chi connectivity index (χ0v) is 9.37. The number of nitrogens with one attached hydrogen (secondary N) is 1. The van der Waals surface area contributed by atoms with Crippen LogP contribution in [0.15, 0.2) is 54.6 Å². The topological polar surface area (TPSA) is 32.3 Å². The predicted molar refractivity (Wildman–Crippen MR) is 69.9 cm³/mol. The molecular weight excluding hydrogens is 218 g/mol. The Kier molecular flexibility index (Phi) is 3.17. The summed E-state index contributed by atoms with van der Waals surface area (Å²) in [5, 5.41) is 12.3. The summed E-state index contributed by atoms with van der Waals surface area (Å²) in [7, 11) is 0. The fourth-order valence-corrected chi connectivity index (χ4v) is 1.59. The molecule has 2 rings (SSSR count). The second-order valence-corrected chi connectivity index (χ2v) is 3.78. The van der Waals surface area contributed by atoms with E-state index in [0.29, 0.717) is 4.99 Å². The van der Waals surface area contributed by atoms with Gasteiger partial charge in [-0.15, -0.1) is 0 Å². The molecule has 16 heavy (non-hydrogen) atoms. The van der Waals surface area contributed by atoms with Crippen LogP contribution in [0.3, 0.4) is 0 Å². The van der Waals surface area contributed by atoms with Crippen LogP contribution >= 0.6 is 12.2 Å². The molecule has 0 fully saturated rings. The highest BCUT2D eigenvalue weighted by Gasteiger charge is 2.00. The maximum atomic E-state index is 9.15. The SMILES string of the molecule is Oc1ccc(NC(=S)c2ccccc2)cc1. The van der Waals surface area contributed by atoms with Gasteiger partial charge in [-0.1, -0.05) is 42.5 Å². The minimum absolute atomic E-state index is 0.246. The Balaban J connectivity index is 2.11. The van der Waals surface area contributed by atoms with Crippen LogP contribution in [0.2, 0.25) is 0 Å². The number of phenolic OH excluding ortho intramolecular Hbond substituents is 1. The minimum Gasteiger partial charge on any atom is -0.508 e. The highest BCUT2D eigenvalue weighted by Crippen LogP contribution is 2.15. The Morgan fingerprint density at radius 3 is 2.19 bits per heavy atom.